The van der Waals surface area contributed by atoms with Crippen molar-refractivity contribution in [1.29, 1.82) is 0 Å². The highest BCUT2D eigenvalue weighted by Crippen LogP contribution is 2.02. The lowest BCUT2D eigenvalue weighted by molar-refractivity contribution is -0.144. The molecule has 0 rings (SSSR count). The molecule has 2 N–H and O–H groups in total. The highest BCUT2D eigenvalue weighted by molar-refractivity contribution is 5.75. The second-order valence-electron chi connectivity index (χ2n) is 2.85. The SMILES string of the molecule is CCCCC[C@H](N)C(=O)OCC. The van der Waals surface area contributed by atoms with Crippen LogP contribution in [-0.2, 0) is 9.53 Å². The first-order chi connectivity index (χ1) is 5.72. The Labute approximate surface area is 74.3 Å². The minimum Gasteiger partial charge on any atom is -0.465 e. The van der Waals surface area contributed by atoms with Gasteiger partial charge in [0.15, 0.2) is 0 Å². The lowest BCUT2D eigenvalue weighted by atomic mass is 10.1. The maximum Gasteiger partial charge on any atom is 0.322 e. The van der Waals surface area contributed by atoms with Gasteiger partial charge in [0.1, 0.15) is 6.04 Å². The first-order valence-electron chi connectivity index (χ1n) is 4.64. The predicted molar refractivity (Wildman–Crippen MR) is 48.8 cm³/mol. The molecule has 12 heavy (non-hydrogen) atoms. The summed E-state index contributed by atoms with van der Waals surface area (Å²) >= 11 is 0. The largest absolute Gasteiger partial charge is 0.465 e. The second kappa shape index (κ2) is 7.10. The zero-order chi connectivity index (χ0) is 9.40. The number of hydrogen-bond acceptors (Lipinski definition) is 3. The van der Waals surface area contributed by atoms with Crippen LogP contribution < -0.4 is 5.73 Å². The van der Waals surface area contributed by atoms with Crippen molar-refractivity contribution >= 4 is 5.97 Å². The summed E-state index contributed by atoms with van der Waals surface area (Å²) in [4.78, 5) is 11.0. The zero-order valence-corrected chi connectivity index (χ0v) is 8.01. The highest BCUT2D eigenvalue weighted by Gasteiger charge is 2.12. The molecule has 3 heteroatoms. The molecule has 0 bridgehead atoms. The third kappa shape index (κ3) is 5.13. The molecule has 0 amide bonds. The molecule has 0 unspecified atom stereocenters. The van der Waals surface area contributed by atoms with Gasteiger partial charge in [-0.05, 0) is 13.3 Å². The molecule has 0 saturated carbocycles. The fourth-order valence-corrected chi connectivity index (χ4v) is 0.981. The molecule has 72 valence electrons. The molecule has 0 heterocycles. The Morgan fingerprint density at radius 2 is 2.08 bits per heavy atom. The van der Waals surface area contributed by atoms with Crippen molar-refractivity contribution in [3.05, 3.63) is 0 Å². The molecular formula is C9H19NO2. The summed E-state index contributed by atoms with van der Waals surface area (Å²) < 4.78 is 4.77. The van der Waals surface area contributed by atoms with Gasteiger partial charge in [0.2, 0.25) is 0 Å². The van der Waals surface area contributed by atoms with E-state index in [1.165, 1.54) is 0 Å². The summed E-state index contributed by atoms with van der Waals surface area (Å²) in [7, 11) is 0. The number of unbranched alkanes of at least 4 members (excludes halogenated alkanes) is 2. The lowest BCUT2D eigenvalue weighted by Gasteiger charge is -2.09. The van der Waals surface area contributed by atoms with Gasteiger partial charge < -0.3 is 10.5 Å². The van der Waals surface area contributed by atoms with Gasteiger partial charge in [0.25, 0.3) is 0 Å². The zero-order valence-electron chi connectivity index (χ0n) is 8.01. The Morgan fingerprint density at radius 3 is 2.58 bits per heavy atom. The van der Waals surface area contributed by atoms with Gasteiger partial charge in [-0.2, -0.15) is 0 Å². The van der Waals surface area contributed by atoms with Gasteiger partial charge in [0.05, 0.1) is 6.61 Å². The monoisotopic (exact) mass is 173 g/mol. The summed E-state index contributed by atoms with van der Waals surface area (Å²) in [6, 6.07) is -0.420. The third-order valence-corrected chi connectivity index (χ3v) is 1.71. The number of carbonyl (C=O) groups excluding carboxylic acids is 1. The van der Waals surface area contributed by atoms with Crippen LogP contribution in [0.15, 0.2) is 0 Å². The van der Waals surface area contributed by atoms with Crippen LogP contribution in [0.2, 0.25) is 0 Å². The number of rotatable bonds is 6. The maximum atomic E-state index is 11.0. The molecular weight excluding hydrogens is 154 g/mol. The van der Waals surface area contributed by atoms with E-state index in [1.807, 2.05) is 0 Å². The smallest absolute Gasteiger partial charge is 0.322 e. The van der Waals surface area contributed by atoms with E-state index in [9.17, 15) is 4.79 Å². The van der Waals surface area contributed by atoms with Gasteiger partial charge >= 0.3 is 5.97 Å². The van der Waals surface area contributed by atoms with Crippen LogP contribution in [0.3, 0.4) is 0 Å². The van der Waals surface area contributed by atoms with E-state index in [2.05, 4.69) is 6.92 Å². The average molecular weight is 173 g/mol. The van der Waals surface area contributed by atoms with E-state index in [-0.39, 0.29) is 5.97 Å². The molecule has 0 radical (unpaired) electrons. The Kier molecular flexibility index (Phi) is 6.76. The fourth-order valence-electron chi connectivity index (χ4n) is 0.981. The molecule has 0 aliphatic rings. The molecule has 0 saturated heterocycles. The van der Waals surface area contributed by atoms with Gasteiger partial charge in [-0.25, -0.2) is 0 Å². The fraction of sp³-hybridized carbons (Fsp3) is 0.889. The Morgan fingerprint density at radius 1 is 1.42 bits per heavy atom. The standard InChI is InChI=1S/C9H19NO2/c1-3-5-6-7-8(10)9(11)12-4-2/h8H,3-7,10H2,1-2H3/t8-/m0/s1. The maximum absolute atomic E-state index is 11.0. The van der Waals surface area contributed by atoms with Crippen molar-refractivity contribution in [2.75, 3.05) is 6.61 Å². The lowest BCUT2D eigenvalue weighted by Crippen LogP contribution is -2.32. The van der Waals surface area contributed by atoms with Crippen LogP contribution in [0.4, 0.5) is 0 Å². The predicted octanol–water partition coefficient (Wildman–Crippen LogP) is 1.46. The number of carbonyl (C=O) groups is 1. The minimum atomic E-state index is -0.420. The van der Waals surface area contributed by atoms with Crippen molar-refractivity contribution in [1.82, 2.24) is 0 Å². The van der Waals surface area contributed by atoms with Gasteiger partial charge in [-0.15, -0.1) is 0 Å². The Bertz CT molecular complexity index is 126. The summed E-state index contributed by atoms with van der Waals surface area (Å²) in [5, 5.41) is 0. The van der Waals surface area contributed by atoms with E-state index in [0.717, 1.165) is 25.7 Å². The number of esters is 1. The molecule has 0 aliphatic carbocycles. The van der Waals surface area contributed by atoms with Gasteiger partial charge in [-0.1, -0.05) is 26.2 Å². The van der Waals surface area contributed by atoms with Crippen LogP contribution in [0.25, 0.3) is 0 Å². The third-order valence-electron chi connectivity index (χ3n) is 1.71. The molecule has 0 aromatic rings. The van der Waals surface area contributed by atoms with E-state index >= 15 is 0 Å². The van der Waals surface area contributed by atoms with Gasteiger partial charge in [0, 0.05) is 0 Å². The Hall–Kier alpha value is -0.570. The second-order valence-corrected chi connectivity index (χ2v) is 2.85. The molecule has 0 aromatic heterocycles. The van der Waals surface area contributed by atoms with Crippen molar-refractivity contribution in [2.45, 2.75) is 45.6 Å². The summed E-state index contributed by atoms with van der Waals surface area (Å²) in [5.74, 6) is -0.270. The first-order valence-corrected chi connectivity index (χ1v) is 4.64. The Balaban J connectivity index is 3.42. The number of ether oxygens (including phenoxy) is 1. The van der Waals surface area contributed by atoms with E-state index < -0.39 is 6.04 Å². The van der Waals surface area contributed by atoms with Crippen molar-refractivity contribution in [3.8, 4) is 0 Å². The van der Waals surface area contributed by atoms with Gasteiger partial charge in [-0.3, -0.25) is 4.79 Å². The quantitative estimate of drug-likeness (QED) is 0.488. The van der Waals surface area contributed by atoms with E-state index in [0.29, 0.717) is 6.61 Å². The summed E-state index contributed by atoms with van der Waals surface area (Å²) in [6.07, 6.45) is 4.03. The van der Waals surface area contributed by atoms with Crippen molar-refractivity contribution in [2.24, 2.45) is 5.73 Å². The van der Waals surface area contributed by atoms with Crippen LogP contribution in [0.1, 0.15) is 39.5 Å². The molecule has 3 nitrogen and oxygen atoms in total. The topological polar surface area (TPSA) is 52.3 Å². The number of hydrogen-bond donors (Lipinski definition) is 1. The van der Waals surface area contributed by atoms with Crippen LogP contribution in [-0.4, -0.2) is 18.6 Å². The van der Waals surface area contributed by atoms with Crippen molar-refractivity contribution < 1.29 is 9.53 Å². The van der Waals surface area contributed by atoms with Crippen LogP contribution >= 0.6 is 0 Å². The molecule has 0 spiro atoms. The molecule has 1 atom stereocenters. The molecule has 0 fully saturated rings. The molecule has 0 aromatic carbocycles. The van der Waals surface area contributed by atoms with Crippen LogP contribution in [0, 0.1) is 0 Å². The molecule has 0 aliphatic heterocycles. The van der Waals surface area contributed by atoms with Crippen molar-refractivity contribution in [3.63, 3.8) is 0 Å². The number of nitrogens with two attached hydrogens (primary N) is 1. The van der Waals surface area contributed by atoms with Crippen LogP contribution in [0.5, 0.6) is 0 Å². The summed E-state index contributed by atoms with van der Waals surface area (Å²) in [6.45, 7) is 4.33. The summed E-state index contributed by atoms with van der Waals surface area (Å²) in [5.41, 5.74) is 5.57. The van der Waals surface area contributed by atoms with E-state index in [4.69, 9.17) is 10.5 Å². The van der Waals surface area contributed by atoms with E-state index in [1.54, 1.807) is 6.92 Å². The minimum absolute atomic E-state index is 0.270. The first kappa shape index (κ1) is 11.4. The average Bonchev–Trinajstić information content (AvgIpc) is 2.05. The normalized spacial score (nSPS) is 12.6. The highest BCUT2D eigenvalue weighted by atomic mass is 16.5.